The number of hydrogen-bond donors (Lipinski definition) is 1. The van der Waals surface area contributed by atoms with Gasteiger partial charge in [0.05, 0.1) is 0 Å². The van der Waals surface area contributed by atoms with Crippen LogP contribution < -0.4 is 5.32 Å². The van der Waals surface area contributed by atoms with Gasteiger partial charge in [0.25, 0.3) is 0 Å². The van der Waals surface area contributed by atoms with Crippen LogP contribution in [0.2, 0.25) is 0 Å². The molecular weight excluding hydrogens is 136 g/mol. The second kappa shape index (κ2) is 4.09. The fourth-order valence-electron chi connectivity index (χ4n) is 1.02. The minimum atomic E-state index is 1.02. The van der Waals surface area contributed by atoms with Gasteiger partial charge in [-0.05, 0) is 38.1 Å². The van der Waals surface area contributed by atoms with E-state index in [0.29, 0.717) is 0 Å². The van der Waals surface area contributed by atoms with Crippen LogP contribution >= 0.6 is 0 Å². The summed E-state index contributed by atoms with van der Waals surface area (Å²) in [6, 6.07) is 2.17. The predicted octanol–water partition coefficient (Wildman–Crippen LogP) is 1.15. The molecule has 0 bridgehead atoms. The van der Waals surface area contributed by atoms with Crippen LogP contribution in [0.15, 0.2) is 18.5 Å². The van der Waals surface area contributed by atoms with Crippen molar-refractivity contribution in [2.24, 2.45) is 0 Å². The van der Waals surface area contributed by atoms with E-state index in [9.17, 15) is 0 Å². The lowest BCUT2D eigenvalue weighted by Crippen LogP contribution is -2.10. The Labute approximate surface area is 67.7 Å². The maximum atomic E-state index is 4.11. The molecule has 1 aromatic heterocycles. The normalized spacial score (nSPS) is 10.0. The molecule has 2 nitrogen and oxygen atoms in total. The highest BCUT2D eigenvalue weighted by Gasteiger charge is 1.91. The van der Waals surface area contributed by atoms with Gasteiger partial charge < -0.3 is 5.32 Å². The number of aryl methyl sites for hydroxylation is 1. The Bertz CT molecular complexity index is 221. The molecule has 1 rings (SSSR count). The van der Waals surface area contributed by atoms with Crippen molar-refractivity contribution in [2.75, 3.05) is 13.6 Å². The maximum Gasteiger partial charge on any atom is 0.0300 e. The lowest BCUT2D eigenvalue weighted by atomic mass is 10.2. The SMILES string of the molecule is CNCCc1cncc(C)c1. The molecule has 0 radical (unpaired) electrons. The van der Waals surface area contributed by atoms with Gasteiger partial charge in [-0.25, -0.2) is 0 Å². The molecule has 0 spiro atoms. The van der Waals surface area contributed by atoms with Crippen LogP contribution in [-0.4, -0.2) is 18.6 Å². The predicted molar refractivity (Wildman–Crippen MR) is 46.6 cm³/mol. The van der Waals surface area contributed by atoms with Gasteiger partial charge in [-0.15, -0.1) is 0 Å². The van der Waals surface area contributed by atoms with Gasteiger partial charge in [-0.1, -0.05) is 6.07 Å². The third-order valence-electron chi connectivity index (χ3n) is 1.60. The Morgan fingerprint density at radius 2 is 2.27 bits per heavy atom. The van der Waals surface area contributed by atoms with Crippen LogP contribution in [0.1, 0.15) is 11.1 Å². The molecule has 1 aromatic rings. The Hall–Kier alpha value is -0.890. The van der Waals surface area contributed by atoms with Gasteiger partial charge in [0.2, 0.25) is 0 Å². The van der Waals surface area contributed by atoms with Crippen LogP contribution in [0.25, 0.3) is 0 Å². The number of nitrogens with zero attached hydrogens (tertiary/aromatic N) is 1. The average Bonchev–Trinajstić information content (AvgIpc) is 2.01. The highest BCUT2D eigenvalue weighted by Crippen LogP contribution is 2.00. The lowest BCUT2D eigenvalue weighted by Gasteiger charge is -1.99. The molecule has 60 valence electrons. The summed E-state index contributed by atoms with van der Waals surface area (Å²) < 4.78 is 0. The van der Waals surface area contributed by atoms with E-state index in [1.807, 2.05) is 19.4 Å². The molecule has 1 N–H and O–H groups in total. The molecule has 0 aliphatic heterocycles. The van der Waals surface area contributed by atoms with Crippen molar-refractivity contribution in [3.8, 4) is 0 Å². The van der Waals surface area contributed by atoms with Crippen LogP contribution in [0.4, 0.5) is 0 Å². The highest BCUT2D eigenvalue weighted by atomic mass is 14.8. The largest absolute Gasteiger partial charge is 0.319 e. The number of hydrogen-bond acceptors (Lipinski definition) is 2. The van der Waals surface area contributed by atoms with E-state index >= 15 is 0 Å². The molecule has 11 heavy (non-hydrogen) atoms. The number of aromatic nitrogens is 1. The van der Waals surface area contributed by atoms with Gasteiger partial charge in [-0.3, -0.25) is 4.98 Å². The summed E-state index contributed by atoms with van der Waals surface area (Å²) in [5.74, 6) is 0. The summed E-state index contributed by atoms with van der Waals surface area (Å²) in [5.41, 5.74) is 2.54. The summed E-state index contributed by atoms with van der Waals surface area (Å²) in [6.07, 6.45) is 4.86. The highest BCUT2D eigenvalue weighted by molar-refractivity contribution is 5.16. The molecule has 0 aliphatic rings. The number of pyridine rings is 1. The summed E-state index contributed by atoms with van der Waals surface area (Å²) in [4.78, 5) is 4.11. The minimum Gasteiger partial charge on any atom is -0.319 e. The van der Waals surface area contributed by atoms with Gasteiger partial charge >= 0.3 is 0 Å². The van der Waals surface area contributed by atoms with E-state index in [0.717, 1.165) is 13.0 Å². The quantitative estimate of drug-likeness (QED) is 0.699. The van der Waals surface area contributed by atoms with Crippen molar-refractivity contribution in [1.82, 2.24) is 10.3 Å². The molecule has 1 heterocycles. The molecule has 0 amide bonds. The van der Waals surface area contributed by atoms with Gasteiger partial charge in [0.1, 0.15) is 0 Å². The van der Waals surface area contributed by atoms with Gasteiger partial charge in [-0.2, -0.15) is 0 Å². The van der Waals surface area contributed by atoms with Crippen LogP contribution in [0, 0.1) is 6.92 Å². The first-order valence-corrected chi connectivity index (χ1v) is 3.88. The van der Waals surface area contributed by atoms with Crippen molar-refractivity contribution < 1.29 is 0 Å². The molecule has 0 fully saturated rings. The first kappa shape index (κ1) is 8.21. The Morgan fingerprint density at radius 3 is 2.91 bits per heavy atom. The molecule has 0 unspecified atom stereocenters. The molecule has 0 aliphatic carbocycles. The Kier molecular flexibility index (Phi) is 3.05. The van der Waals surface area contributed by atoms with E-state index in [4.69, 9.17) is 0 Å². The van der Waals surface area contributed by atoms with Crippen molar-refractivity contribution in [3.63, 3.8) is 0 Å². The van der Waals surface area contributed by atoms with Crippen molar-refractivity contribution in [1.29, 1.82) is 0 Å². The zero-order chi connectivity index (χ0) is 8.10. The smallest absolute Gasteiger partial charge is 0.0300 e. The summed E-state index contributed by atoms with van der Waals surface area (Å²) >= 11 is 0. The molecular formula is C9H14N2. The monoisotopic (exact) mass is 150 g/mol. The van der Waals surface area contributed by atoms with Gasteiger partial charge in [0.15, 0.2) is 0 Å². The van der Waals surface area contributed by atoms with Crippen molar-refractivity contribution in [3.05, 3.63) is 29.6 Å². The van der Waals surface area contributed by atoms with E-state index < -0.39 is 0 Å². The Balaban J connectivity index is 2.56. The van der Waals surface area contributed by atoms with Crippen molar-refractivity contribution >= 4 is 0 Å². The number of rotatable bonds is 3. The third-order valence-corrected chi connectivity index (χ3v) is 1.60. The first-order chi connectivity index (χ1) is 5.33. The second-order valence-corrected chi connectivity index (χ2v) is 2.72. The molecule has 0 saturated carbocycles. The average molecular weight is 150 g/mol. The van der Waals surface area contributed by atoms with Crippen LogP contribution in [0.3, 0.4) is 0 Å². The van der Waals surface area contributed by atoms with E-state index in [-0.39, 0.29) is 0 Å². The van der Waals surface area contributed by atoms with Crippen molar-refractivity contribution in [2.45, 2.75) is 13.3 Å². The summed E-state index contributed by atoms with van der Waals surface area (Å²) in [7, 11) is 1.96. The van der Waals surface area contributed by atoms with Crippen LogP contribution in [-0.2, 0) is 6.42 Å². The second-order valence-electron chi connectivity index (χ2n) is 2.72. The molecule has 0 aromatic carbocycles. The molecule has 0 saturated heterocycles. The van der Waals surface area contributed by atoms with E-state index in [1.165, 1.54) is 11.1 Å². The standard InChI is InChI=1S/C9H14N2/c1-8-5-9(3-4-10-2)7-11-6-8/h5-7,10H,3-4H2,1-2H3. The van der Waals surface area contributed by atoms with E-state index in [1.54, 1.807) is 0 Å². The molecule has 2 heteroatoms. The fraction of sp³-hybridized carbons (Fsp3) is 0.444. The topological polar surface area (TPSA) is 24.9 Å². The third kappa shape index (κ3) is 2.68. The number of likely N-dealkylation sites (N-methyl/N-ethyl adjacent to an activating group) is 1. The van der Waals surface area contributed by atoms with Crippen LogP contribution in [0.5, 0.6) is 0 Å². The van der Waals surface area contributed by atoms with E-state index in [2.05, 4.69) is 23.3 Å². The van der Waals surface area contributed by atoms with Gasteiger partial charge in [0, 0.05) is 12.4 Å². The number of nitrogens with one attached hydrogen (secondary N) is 1. The fourth-order valence-corrected chi connectivity index (χ4v) is 1.02. The maximum absolute atomic E-state index is 4.11. The Morgan fingerprint density at radius 1 is 1.45 bits per heavy atom. The lowest BCUT2D eigenvalue weighted by molar-refractivity contribution is 0.788. The summed E-state index contributed by atoms with van der Waals surface area (Å²) in [5, 5.41) is 3.11. The zero-order valence-corrected chi connectivity index (χ0v) is 7.09. The minimum absolute atomic E-state index is 1.02. The molecule has 0 atom stereocenters. The zero-order valence-electron chi connectivity index (χ0n) is 7.09. The first-order valence-electron chi connectivity index (χ1n) is 3.88. The summed E-state index contributed by atoms with van der Waals surface area (Å²) in [6.45, 7) is 3.08.